The first kappa shape index (κ1) is 17.9. The zero-order chi connectivity index (χ0) is 19.6. The van der Waals surface area contributed by atoms with Crippen LogP contribution < -0.4 is 0 Å². The van der Waals surface area contributed by atoms with E-state index in [1.807, 2.05) is 0 Å². The van der Waals surface area contributed by atoms with Crippen LogP contribution in [0.1, 0.15) is 42.7 Å². The van der Waals surface area contributed by atoms with Crippen LogP contribution in [0.15, 0.2) is 84.9 Å². The van der Waals surface area contributed by atoms with Crippen molar-refractivity contribution in [1.29, 1.82) is 0 Å². The molecule has 0 N–H and O–H groups in total. The Kier molecular flexibility index (Phi) is 4.77. The van der Waals surface area contributed by atoms with Crippen molar-refractivity contribution in [3.8, 4) is 11.3 Å². The molecule has 1 heterocycles. The summed E-state index contributed by atoms with van der Waals surface area (Å²) in [7, 11) is 0. The summed E-state index contributed by atoms with van der Waals surface area (Å²) < 4.78 is 2.45. The van der Waals surface area contributed by atoms with Crippen molar-refractivity contribution < 1.29 is 4.79 Å². The molecule has 1 fully saturated rings. The predicted octanol–water partition coefficient (Wildman–Crippen LogP) is 6.58. The summed E-state index contributed by atoms with van der Waals surface area (Å²) >= 11 is 0. The Balaban J connectivity index is 1.77. The molecule has 144 valence electrons. The highest BCUT2D eigenvalue weighted by molar-refractivity contribution is 5.94. The van der Waals surface area contributed by atoms with E-state index in [0.717, 1.165) is 25.8 Å². The van der Waals surface area contributed by atoms with Crippen LogP contribution in [0.2, 0.25) is 0 Å². The molecule has 2 nitrogen and oxygen atoms in total. The van der Waals surface area contributed by atoms with E-state index in [1.54, 1.807) is 0 Å². The van der Waals surface area contributed by atoms with Crippen LogP contribution >= 0.6 is 0 Å². The molecule has 0 spiro atoms. The summed E-state index contributed by atoms with van der Waals surface area (Å²) in [6.45, 7) is 0.826. The third kappa shape index (κ3) is 3.40. The number of para-hydroxylation sites is 1. The minimum absolute atomic E-state index is 0.299. The number of nitrogens with zero attached hydrogens (tertiary/aromatic N) is 1. The normalized spacial score (nSPS) is 17.0. The predicted molar refractivity (Wildman–Crippen MR) is 119 cm³/mol. The molecular weight excluding hydrogens is 354 g/mol. The topological polar surface area (TPSA) is 22.0 Å². The van der Waals surface area contributed by atoms with E-state index in [9.17, 15) is 4.79 Å². The zero-order valence-electron chi connectivity index (χ0n) is 16.6. The number of carbonyl (C=O) groups excluding carboxylic acids is 1. The van der Waals surface area contributed by atoms with E-state index < -0.39 is 0 Å². The van der Waals surface area contributed by atoms with Gasteiger partial charge < -0.3 is 4.57 Å². The van der Waals surface area contributed by atoms with Gasteiger partial charge in [-0.05, 0) is 41.5 Å². The molecule has 1 unspecified atom stereocenters. The molecule has 0 aliphatic heterocycles. The Morgan fingerprint density at radius 2 is 1.52 bits per heavy atom. The first-order valence-corrected chi connectivity index (χ1v) is 10.5. The van der Waals surface area contributed by atoms with Gasteiger partial charge in [-0.15, -0.1) is 0 Å². The Morgan fingerprint density at radius 1 is 0.828 bits per heavy atom. The van der Waals surface area contributed by atoms with Crippen LogP contribution in [0.4, 0.5) is 0 Å². The molecule has 3 aromatic carbocycles. The number of carbonyl (C=O) groups is 1. The molecule has 1 saturated carbocycles. The summed E-state index contributed by atoms with van der Waals surface area (Å²) in [5, 5.41) is 1.29. The second kappa shape index (κ2) is 7.71. The van der Waals surface area contributed by atoms with Gasteiger partial charge in [-0.1, -0.05) is 78.9 Å². The van der Waals surface area contributed by atoms with Crippen LogP contribution in [0.5, 0.6) is 0 Å². The summed E-state index contributed by atoms with van der Waals surface area (Å²) in [5.74, 6) is 0.702. The molecule has 1 atom stereocenters. The summed E-state index contributed by atoms with van der Waals surface area (Å²) in [6.07, 6.45) is 3.49. The average Bonchev–Trinajstić information content (AvgIpc) is 3.09. The summed E-state index contributed by atoms with van der Waals surface area (Å²) in [6, 6.07) is 30.0. The van der Waals surface area contributed by atoms with Gasteiger partial charge in [-0.25, -0.2) is 0 Å². The molecule has 1 aromatic heterocycles. The van der Waals surface area contributed by atoms with Crippen LogP contribution in [0, 0.1) is 0 Å². The second-order valence-corrected chi connectivity index (χ2v) is 8.05. The molecule has 1 aliphatic carbocycles. The van der Waals surface area contributed by atoms with Crippen molar-refractivity contribution in [2.45, 2.75) is 38.1 Å². The van der Waals surface area contributed by atoms with Crippen molar-refractivity contribution >= 4 is 16.7 Å². The number of aromatic nitrogens is 1. The SMILES string of the molecule is O=C1CCCC(c2c(-c3ccccc3)n(Cc3ccccc3)c3ccccc23)C1. The lowest BCUT2D eigenvalue weighted by atomic mass is 9.81. The molecule has 4 aromatic rings. The van der Waals surface area contributed by atoms with Gasteiger partial charge >= 0.3 is 0 Å². The first-order chi connectivity index (χ1) is 14.3. The zero-order valence-corrected chi connectivity index (χ0v) is 16.6. The van der Waals surface area contributed by atoms with Crippen molar-refractivity contribution in [1.82, 2.24) is 4.57 Å². The molecule has 0 saturated heterocycles. The number of hydrogen-bond donors (Lipinski definition) is 0. The van der Waals surface area contributed by atoms with Crippen molar-refractivity contribution in [2.24, 2.45) is 0 Å². The number of hydrogen-bond acceptors (Lipinski definition) is 1. The summed E-state index contributed by atoms with van der Waals surface area (Å²) in [4.78, 5) is 12.3. The monoisotopic (exact) mass is 379 g/mol. The van der Waals surface area contributed by atoms with Crippen molar-refractivity contribution in [3.63, 3.8) is 0 Å². The molecule has 0 amide bonds. The van der Waals surface area contributed by atoms with Gasteiger partial charge in [0.05, 0.1) is 5.69 Å². The maximum absolute atomic E-state index is 12.3. The van der Waals surface area contributed by atoms with Crippen LogP contribution in [-0.4, -0.2) is 10.4 Å². The molecule has 1 aliphatic rings. The Hall–Kier alpha value is -3.13. The van der Waals surface area contributed by atoms with Gasteiger partial charge in [0, 0.05) is 30.3 Å². The highest BCUT2D eigenvalue weighted by atomic mass is 16.1. The molecular formula is C27H25NO. The van der Waals surface area contributed by atoms with Crippen molar-refractivity contribution in [2.75, 3.05) is 0 Å². The molecule has 2 heteroatoms. The van der Waals surface area contributed by atoms with Crippen LogP contribution in [0.25, 0.3) is 22.2 Å². The van der Waals surface area contributed by atoms with E-state index >= 15 is 0 Å². The molecule has 29 heavy (non-hydrogen) atoms. The molecule has 0 radical (unpaired) electrons. The third-order valence-electron chi connectivity index (χ3n) is 6.13. The van der Waals surface area contributed by atoms with Gasteiger partial charge in [-0.2, -0.15) is 0 Å². The Morgan fingerprint density at radius 3 is 2.28 bits per heavy atom. The second-order valence-electron chi connectivity index (χ2n) is 8.05. The van der Waals surface area contributed by atoms with E-state index in [1.165, 1.54) is 33.3 Å². The largest absolute Gasteiger partial charge is 0.336 e. The quantitative estimate of drug-likeness (QED) is 0.392. The number of ketones is 1. The number of benzene rings is 3. The Labute approximate surface area is 171 Å². The number of Topliss-reactive ketones (excluding diaryl/α,β-unsaturated/α-hetero) is 1. The van der Waals surface area contributed by atoms with Gasteiger partial charge in [0.2, 0.25) is 0 Å². The van der Waals surface area contributed by atoms with E-state index in [0.29, 0.717) is 18.1 Å². The standard InChI is InChI=1S/C27H25NO/c29-23-15-9-14-22(18-23)26-24-16-7-8-17-25(24)28(19-20-10-3-1-4-11-20)27(26)21-12-5-2-6-13-21/h1-8,10-13,16-17,22H,9,14-15,18-19H2. The van der Waals surface area contributed by atoms with E-state index in [4.69, 9.17) is 0 Å². The average molecular weight is 380 g/mol. The lowest BCUT2D eigenvalue weighted by molar-refractivity contribution is -0.120. The van der Waals surface area contributed by atoms with E-state index in [-0.39, 0.29) is 0 Å². The maximum atomic E-state index is 12.3. The smallest absolute Gasteiger partial charge is 0.133 e. The fourth-order valence-corrected chi connectivity index (χ4v) is 4.85. The first-order valence-electron chi connectivity index (χ1n) is 10.5. The molecule has 0 bridgehead atoms. The summed E-state index contributed by atoms with van der Waals surface area (Å²) in [5.41, 5.74) is 6.40. The highest BCUT2D eigenvalue weighted by Crippen LogP contribution is 2.43. The fourth-order valence-electron chi connectivity index (χ4n) is 4.85. The minimum Gasteiger partial charge on any atom is -0.336 e. The maximum Gasteiger partial charge on any atom is 0.133 e. The van der Waals surface area contributed by atoms with Gasteiger partial charge in [0.25, 0.3) is 0 Å². The number of fused-ring (bicyclic) bond motifs is 1. The minimum atomic E-state index is 0.299. The fraction of sp³-hybridized carbons (Fsp3) is 0.222. The Bertz CT molecular complexity index is 1140. The van der Waals surface area contributed by atoms with Crippen molar-refractivity contribution in [3.05, 3.63) is 96.1 Å². The number of rotatable bonds is 4. The van der Waals surface area contributed by atoms with Gasteiger partial charge in [0.1, 0.15) is 5.78 Å². The van der Waals surface area contributed by atoms with E-state index in [2.05, 4.69) is 89.5 Å². The lowest BCUT2D eigenvalue weighted by Gasteiger charge is -2.23. The van der Waals surface area contributed by atoms with Crippen LogP contribution in [-0.2, 0) is 11.3 Å². The van der Waals surface area contributed by atoms with Crippen LogP contribution in [0.3, 0.4) is 0 Å². The molecule has 5 rings (SSSR count). The van der Waals surface area contributed by atoms with Gasteiger partial charge in [0.15, 0.2) is 0 Å². The lowest BCUT2D eigenvalue weighted by Crippen LogP contribution is -2.14. The highest BCUT2D eigenvalue weighted by Gasteiger charge is 2.28. The van der Waals surface area contributed by atoms with Gasteiger partial charge in [-0.3, -0.25) is 4.79 Å². The third-order valence-corrected chi connectivity index (χ3v) is 6.13.